The third kappa shape index (κ3) is 2.91. The van der Waals surface area contributed by atoms with Crippen molar-refractivity contribution in [3.8, 4) is 0 Å². The highest BCUT2D eigenvalue weighted by molar-refractivity contribution is 5.96. The number of non-ortho nitro benzene ring substituents is 1. The number of anilines is 1. The average Bonchev–Trinajstić information content (AvgIpc) is 2.45. The minimum absolute atomic E-state index is 0.0611. The first-order valence-corrected chi connectivity index (χ1v) is 6.38. The van der Waals surface area contributed by atoms with E-state index in [1.165, 1.54) is 12.3 Å². The number of hydrogen-bond donors (Lipinski definition) is 1. The smallest absolute Gasteiger partial charge is 0.308 e. The predicted octanol–water partition coefficient (Wildman–Crippen LogP) is 2.30. The highest BCUT2D eigenvalue weighted by atomic mass is 16.6. The molecule has 0 radical (unpaired) electrons. The number of aliphatic carboxylic acids is 1. The lowest BCUT2D eigenvalue weighted by Gasteiger charge is -2.22. The molecule has 0 fully saturated rings. The van der Waals surface area contributed by atoms with Gasteiger partial charge in [-0.05, 0) is 6.07 Å². The van der Waals surface area contributed by atoms with Crippen LogP contribution in [-0.2, 0) is 4.79 Å². The average molecular weight is 289 g/mol. The summed E-state index contributed by atoms with van der Waals surface area (Å²) >= 11 is 0. The Morgan fingerprint density at radius 3 is 2.81 bits per heavy atom. The van der Waals surface area contributed by atoms with Gasteiger partial charge in [-0.1, -0.05) is 19.1 Å². The van der Waals surface area contributed by atoms with Crippen LogP contribution in [0.15, 0.2) is 30.5 Å². The van der Waals surface area contributed by atoms with E-state index >= 15 is 0 Å². The first kappa shape index (κ1) is 14.7. The summed E-state index contributed by atoms with van der Waals surface area (Å²) in [5, 5.41) is 20.6. The lowest BCUT2D eigenvalue weighted by molar-refractivity contribution is -0.383. The molecule has 1 aromatic carbocycles. The molecule has 0 saturated carbocycles. The number of nitro benzene ring substituents is 1. The van der Waals surface area contributed by atoms with Crippen molar-refractivity contribution in [2.75, 3.05) is 18.5 Å². The van der Waals surface area contributed by atoms with Gasteiger partial charge in [-0.25, -0.2) is 4.98 Å². The number of para-hydroxylation sites is 1. The Balaban J connectivity index is 2.48. The minimum atomic E-state index is -0.883. The van der Waals surface area contributed by atoms with Crippen molar-refractivity contribution in [3.63, 3.8) is 0 Å². The quantitative estimate of drug-likeness (QED) is 0.670. The molecule has 7 heteroatoms. The summed E-state index contributed by atoms with van der Waals surface area (Å²) in [6.07, 6.45) is 1.49. The lowest BCUT2D eigenvalue weighted by Crippen LogP contribution is -2.28. The molecule has 1 N–H and O–H groups in total. The summed E-state index contributed by atoms with van der Waals surface area (Å²) in [4.78, 5) is 27.4. The molecule has 1 atom stereocenters. The van der Waals surface area contributed by atoms with Crippen LogP contribution in [0.5, 0.6) is 0 Å². The molecular weight excluding hydrogens is 274 g/mol. The van der Waals surface area contributed by atoms with Gasteiger partial charge in [-0.2, -0.15) is 0 Å². The molecule has 0 spiro atoms. The van der Waals surface area contributed by atoms with E-state index < -0.39 is 16.8 Å². The van der Waals surface area contributed by atoms with E-state index in [4.69, 9.17) is 5.11 Å². The van der Waals surface area contributed by atoms with Crippen LogP contribution in [0, 0.1) is 16.0 Å². The number of carboxylic acids is 1. The molecule has 7 nitrogen and oxygen atoms in total. The van der Waals surface area contributed by atoms with E-state index in [2.05, 4.69) is 4.98 Å². The van der Waals surface area contributed by atoms with E-state index in [-0.39, 0.29) is 5.69 Å². The number of pyridine rings is 1. The fourth-order valence-corrected chi connectivity index (χ4v) is 2.21. The maximum absolute atomic E-state index is 11.0. The molecule has 0 saturated heterocycles. The molecule has 0 amide bonds. The van der Waals surface area contributed by atoms with Crippen LogP contribution in [0.2, 0.25) is 0 Å². The molecule has 0 aliphatic rings. The van der Waals surface area contributed by atoms with Gasteiger partial charge in [0.2, 0.25) is 0 Å². The minimum Gasteiger partial charge on any atom is -0.481 e. The van der Waals surface area contributed by atoms with Crippen LogP contribution < -0.4 is 4.90 Å². The summed E-state index contributed by atoms with van der Waals surface area (Å²) in [6.45, 7) is 1.92. The van der Waals surface area contributed by atoms with Crippen LogP contribution in [0.25, 0.3) is 10.9 Å². The van der Waals surface area contributed by atoms with Crippen molar-refractivity contribution in [2.24, 2.45) is 5.92 Å². The van der Waals surface area contributed by atoms with E-state index in [1.807, 2.05) is 0 Å². The number of aromatic nitrogens is 1. The number of carbonyl (C=O) groups is 1. The molecule has 21 heavy (non-hydrogen) atoms. The highest BCUT2D eigenvalue weighted by Gasteiger charge is 2.18. The van der Waals surface area contributed by atoms with Crippen LogP contribution in [0.4, 0.5) is 11.4 Å². The van der Waals surface area contributed by atoms with Crippen molar-refractivity contribution < 1.29 is 14.8 Å². The Labute approximate surface area is 121 Å². The predicted molar refractivity (Wildman–Crippen MR) is 78.5 cm³/mol. The maximum atomic E-state index is 11.0. The Hall–Kier alpha value is -2.70. The zero-order valence-corrected chi connectivity index (χ0v) is 11.7. The molecule has 2 aromatic rings. The Morgan fingerprint density at radius 2 is 2.19 bits per heavy atom. The van der Waals surface area contributed by atoms with Crippen molar-refractivity contribution in [1.82, 2.24) is 4.98 Å². The summed E-state index contributed by atoms with van der Waals surface area (Å²) in [5.74, 6) is -1.43. The number of nitrogens with zero attached hydrogens (tertiary/aromatic N) is 3. The number of fused-ring (bicyclic) bond motifs is 1. The van der Waals surface area contributed by atoms with Crippen LogP contribution in [0.1, 0.15) is 6.92 Å². The number of nitro groups is 1. The molecular formula is C14H15N3O4. The highest BCUT2D eigenvalue weighted by Crippen LogP contribution is 2.30. The molecule has 0 aliphatic carbocycles. The van der Waals surface area contributed by atoms with Gasteiger partial charge in [0.15, 0.2) is 0 Å². The SMILES string of the molecule is CC(CN(C)c1ccnc2c([N+](=O)[O-])cccc12)C(=O)O. The van der Waals surface area contributed by atoms with Crippen LogP contribution in [-0.4, -0.2) is 34.6 Å². The fourth-order valence-electron chi connectivity index (χ4n) is 2.21. The second kappa shape index (κ2) is 5.74. The second-order valence-electron chi connectivity index (χ2n) is 4.88. The zero-order chi connectivity index (χ0) is 15.6. The number of carboxylic acid groups (broad SMARTS) is 1. The largest absolute Gasteiger partial charge is 0.481 e. The Morgan fingerprint density at radius 1 is 1.48 bits per heavy atom. The van der Waals surface area contributed by atoms with E-state index in [1.54, 1.807) is 37.1 Å². The number of benzene rings is 1. The van der Waals surface area contributed by atoms with Gasteiger partial charge in [0, 0.05) is 36.9 Å². The van der Waals surface area contributed by atoms with Crippen molar-refractivity contribution in [1.29, 1.82) is 0 Å². The molecule has 1 unspecified atom stereocenters. The van der Waals surface area contributed by atoms with Crippen molar-refractivity contribution >= 4 is 28.2 Å². The Bertz CT molecular complexity index is 702. The zero-order valence-electron chi connectivity index (χ0n) is 11.7. The third-order valence-corrected chi connectivity index (χ3v) is 3.30. The van der Waals surface area contributed by atoms with Gasteiger partial charge in [-0.15, -0.1) is 0 Å². The molecule has 0 aliphatic heterocycles. The Kier molecular flexibility index (Phi) is 4.02. The van der Waals surface area contributed by atoms with E-state index in [0.29, 0.717) is 17.4 Å². The summed E-state index contributed by atoms with van der Waals surface area (Å²) in [5.41, 5.74) is 0.959. The van der Waals surface area contributed by atoms with E-state index in [9.17, 15) is 14.9 Å². The van der Waals surface area contributed by atoms with E-state index in [0.717, 1.165) is 5.69 Å². The van der Waals surface area contributed by atoms with Crippen LogP contribution >= 0.6 is 0 Å². The van der Waals surface area contributed by atoms with Gasteiger partial charge >= 0.3 is 5.97 Å². The van der Waals surface area contributed by atoms with Crippen molar-refractivity contribution in [3.05, 3.63) is 40.6 Å². The summed E-state index contributed by atoms with van der Waals surface area (Å²) in [7, 11) is 1.76. The molecule has 0 bridgehead atoms. The first-order valence-electron chi connectivity index (χ1n) is 6.38. The van der Waals surface area contributed by atoms with Gasteiger partial charge in [0.1, 0.15) is 5.52 Å². The first-order chi connectivity index (χ1) is 9.91. The second-order valence-corrected chi connectivity index (χ2v) is 4.88. The molecule has 1 heterocycles. The van der Waals surface area contributed by atoms with Gasteiger partial charge < -0.3 is 10.0 Å². The third-order valence-electron chi connectivity index (χ3n) is 3.30. The number of rotatable bonds is 5. The standard InChI is InChI=1S/C14H15N3O4/c1-9(14(18)19)8-16(2)11-6-7-15-13-10(11)4-3-5-12(13)17(20)21/h3-7,9H,8H2,1-2H3,(H,18,19). The molecule has 1 aromatic heterocycles. The van der Waals surface area contributed by atoms with Gasteiger partial charge in [0.25, 0.3) is 5.69 Å². The van der Waals surface area contributed by atoms with Gasteiger partial charge in [0.05, 0.1) is 10.8 Å². The number of hydrogen-bond acceptors (Lipinski definition) is 5. The maximum Gasteiger partial charge on any atom is 0.308 e. The van der Waals surface area contributed by atoms with Crippen LogP contribution in [0.3, 0.4) is 0 Å². The van der Waals surface area contributed by atoms with Gasteiger partial charge in [-0.3, -0.25) is 14.9 Å². The topological polar surface area (TPSA) is 96.6 Å². The summed E-state index contributed by atoms with van der Waals surface area (Å²) in [6, 6.07) is 6.46. The monoisotopic (exact) mass is 289 g/mol. The molecule has 2 rings (SSSR count). The summed E-state index contributed by atoms with van der Waals surface area (Å²) < 4.78 is 0. The molecule has 110 valence electrons. The fraction of sp³-hybridized carbons (Fsp3) is 0.286. The normalized spacial score (nSPS) is 12.1. The van der Waals surface area contributed by atoms with Crippen molar-refractivity contribution in [2.45, 2.75) is 6.92 Å². The lowest BCUT2D eigenvalue weighted by atomic mass is 10.1.